The molecule has 3 aliphatic rings. The van der Waals surface area contributed by atoms with E-state index in [9.17, 15) is 19.5 Å². The van der Waals surface area contributed by atoms with Crippen molar-refractivity contribution in [2.75, 3.05) is 32.8 Å². The van der Waals surface area contributed by atoms with Gasteiger partial charge in [-0.1, -0.05) is 37.6 Å². The van der Waals surface area contributed by atoms with Crippen LogP contribution in [0.5, 0.6) is 0 Å². The fourth-order valence-electron chi connectivity index (χ4n) is 7.37. The molecular weight excluding hydrogens is 576 g/mol. The molecule has 2 aliphatic heterocycles. The molecule has 4 atom stereocenters. The highest BCUT2D eigenvalue weighted by Crippen LogP contribution is 2.42. The molecule has 1 aliphatic carbocycles. The third-order valence-corrected chi connectivity index (χ3v) is 10.7. The first kappa shape index (κ1) is 34.7. The van der Waals surface area contributed by atoms with Gasteiger partial charge in [-0.3, -0.25) is 19.3 Å². The first-order valence-electron chi connectivity index (χ1n) is 16.5. The Labute approximate surface area is 269 Å². The van der Waals surface area contributed by atoms with Crippen LogP contribution in [0.4, 0.5) is 0 Å². The first-order valence-corrected chi connectivity index (χ1v) is 16.9. The molecule has 4 rings (SSSR count). The van der Waals surface area contributed by atoms with Crippen LogP contribution in [0, 0.1) is 16.7 Å². The summed E-state index contributed by atoms with van der Waals surface area (Å²) in [5.41, 5.74) is 0.206. The van der Waals surface area contributed by atoms with Crippen LogP contribution in [0.15, 0.2) is 24.3 Å². The third kappa shape index (κ3) is 7.45. The zero-order valence-corrected chi connectivity index (χ0v) is 28.9. The summed E-state index contributed by atoms with van der Waals surface area (Å²) in [4.78, 5) is 48.5. The number of carbonyl (C=O) groups excluding carboxylic acids is 3. The van der Waals surface area contributed by atoms with E-state index in [2.05, 4.69) is 44.8 Å². The van der Waals surface area contributed by atoms with Crippen molar-refractivity contribution >= 4 is 29.3 Å². The Morgan fingerprint density at radius 2 is 1.61 bits per heavy atom. The number of nitrogens with one attached hydrogen (secondary N) is 1. The Bertz CT molecular complexity index is 1180. The SMILES string of the molecule is CCNC(=O)[C@@H]1C[C@H](N(C(=O)C(C)(C)CO)C2CCC(C)(C)CC2)CN1C(=O)[C@@H]1CN(C(C)(C)C)C[C@H]1c1ccc(Cl)cc1. The molecule has 0 unspecified atom stereocenters. The number of hydrogen-bond acceptors (Lipinski definition) is 5. The molecule has 1 aromatic carbocycles. The average Bonchev–Trinajstić information content (AvgIpc) is 3.60. The van der Waals surface area contributed by atoms with Crippen molar-refractivity contribution in [3.8, 4) is 0 Å². The Kier molecular flexibility index (Phi) is 10.5. The average molecular weight is 631 g/mol. The van der Waals surface area contributed by atoms with Crippen LogP contribution in [-0.2, 0) is 14.4 Å². The molecule has 246 valence electrons. The maximum absolute atomic E-state index is 14.7. The van der Waals surface area contributed by atoms with E-state index < -0.39 is 11.5 Å². The van der Waals surface area contributed by atoms with Crippen molar-refractivity contribution in [1.29, 1.82) is 0 Å². The Morgan fingerprint density at radius 1 is 1.00 bits per heavy atom. The van der Waals surface area contributed by atoms with E-state index in [1.54, 1.807) is 18.7 Å². The molecule has 3 amide bonds. The molecule has 2 saturated heterocycles. The van der Waals surface area contributed by atoms with Gasteiger partial charge in [0.1, 0.15) is 6.04 Å². The smallest absolute Gasteiger partial charge is 0.242 e. The number of aliphatic hydroxyl groups excluding tert-OH is 1. The van der Waals surface area contributed by atoms with Gasteiger partial charge in [0.25, 0.3) is 0 Å². The lowest BCUT2D eigenvalue weighted by atomic mass is 9.74. The molecule has 1 saturated carbocycles. The van der Waals surface area contributed by atoms with Crippen LogP contribution < -0.4 is 5.32 Å². The molecule has 0 radical (unpaired) electrons. The molecule has 44 heavy (non-hydrogen) atoms. The number of aliphatic hydroxyl groups is 1. The predicted octanol–water partition coefficient (Wildman–Crippen LogP) is 5.08. The molecule has 3 fully saturated rings. The van der Waals surface area contributed by atoms with Crippen molar-refractivity contribution in [3.05, 3.63) is 34.9 Å². The Morgan fingerprint density at radius 3 is 2.16 bits per heavy atom. The minimum atomic E-state index is -0.954. The lowest BCUT2D eigenvalue weighted by Crippen LogP contribution is -2.55. The van der Waals surface area contributed by atoms with E-state index >= 15 is 0 Å². The normalized spacial score (nSPS) is 26.5. The summed E-state index contributed by atoms with van der Waals surface area (Å²) >= 11 is 6.22. The minimum Gasteiger partial charge on any atom is -0.395 e. The zero-order chi connectivity index (χ0) is 32.6. The molecule has 0 spiro atoms. The highest BCUT2D eigenvalue weighted by atomic mass is 35.5. The molecule has 9 heteroatoms. The number of nitrogens with zero attached hydrogens (tertiary/aromatic N) is 3. The number of halogens is 1. The number of carbonyl (C=O) groups is 3. The number of hydrogen-bond donors (Lipinski definition) is 2. The van der Waals surface area contributed by atoms with Gasteiger partial charge < -0.3 is 20.2 Å². The van der Waals surface area contributed by atoms with Crippen molar-refractivity contribution in [1.82, 2.24) is 20.0 Å². The largest absolute Gasteiger partial charge is 0.395 e. The van der Waals surface area contributed by atoms with Gasteiger partial charge in [-0.2, -0.15) is 0 Å². The second-order valence-electron chi connectivity index (χ2n) is 15.8. The van der Waals surface area contributed by atoms with Crippen molar-refractivity contribution in [2.24, 2.45) is 16.7 Å². The number of rotatable bonds is 8. The van der Waals surface area contributed by atoms with E-state index in [0.717, 1.165) is 37.8 Å². The van der Waals surface area contributed by atoms with Gasteiger partial charge in [-0.15, -0.1) is 0 Å². The van der Waals surface area contributed by atoms with E-state index in [0.29, 0.717) is 31.1 Å². The summed E-state index contributed by atoms with van der Waals surface area (Å²) in [5.74, 6) is -0.679. The van der Waals surface area contributed by atoms with Gasteiger partial charge in [0.15, 0.2) is 0 Å². The van der Waals surface area contributed by atoms with Crippen molar-refractivity contribution in [3.63, 3.8) is 0 Å². The van der Waals surface area contributed by atoms with Crippen LogP contribution in [0.25, 0.3) is 0 Å². The summed E-state index contributed by atoms with van der Waals surface area (Å²) in [5, 5.41) is 13.8. The molecule has 2 heterocycles. The monoisotopic (exact) mass is 630 g/mol. The van der Waals surface area contributed by atoms with E-state index in [4.69, 9.17) is 11.6 Å². The second kappa shape index (κ2) is 13.3. The third-order valence-electron chi connectivity index (χ3n) is 10.4. The van der Waals surface area contributed by atoms with Gasteiger partial charge in [0.05, 0.1) is 24.0 Å². The Hall–Kier alpha value is -2.16. The summed E-state index contributed by atoms with van der Waals surface area (Å²) in [6.45, 7) is 18.3. The molecule has 0 aromatic heterocycles. The zero-order valence-electron chi connectivity index (χ0n) is 28.2. The first-order chi connectivity index (χ1) is 20.5. The lowest BCUT2D eigenvalue weighted by Gasteiger charge is -2.45. The molecular formula is C35H55ClN4O4. The predicted molar refractivity (Wildman–Crippen MR) is 175 cm³/mol. The van der Waals surface area contributed by atoms with Crippen LogP contribution in [0.3, 0.4) is 0 Å². The molecule has 2 N–H and O–H groups in total. The number of likely N-dealkylation sites (N-methyl/N-ethyl adjacent to an activating group) is 1. The molecule has 0 bridgehead atoms. The van der Waals surface area contributed by atoms with Crippen molar-refractivity contribution < 1.29 is 19.5 Å². The highest BCUT2D eigenvalue weighted by Gasteiger charge is 2.51. The quantitative estimate of drug-likeness (QED) is 0.418. The number of likely N-dealkylation sites (tertiary alicyclic amines) is 2. The van der Waals surface area contributed by atoms with E-state index in [-0.39, 0.29) is 59.2 Å². The van der Waals surface area contributed by atoms with E-state index in [1.807, 2.05) is 36.1 Å². The van der Waals surface area contributed by atoms with Crippen molar-refractivity contribution in [2.45, 2.75) is 117 Å². The van der Waals surface area contributed by atoms with Gasteiger partial charge in [0.2, 0.25) is 17.7 Å². The van der Waals surface area contributed by atoms with Gasteiger partial charge in [-0.05, 0) is 96.8 Å². The number of amides is 3. The van der Waals surface area contributed by atoms with Crippen LogP contribution in [0.1, 0.15) is 99.0 Å². The van der Waals surface area contributed by atoms with Crippen LogP contribution in [0.2, 0.25) is 5.02 Å². The summed E-state index contributed by atoms with van der Waals surface area (Å²) < 4.78 is 0. The van der Waals surface area contributed by atoms with E-state index in [1.165, 1.54) is 0 Å². The standard InChI is InChI=1S/C35H55ClN4O4/c1-9-37-30(42)29-18-26(40(32(44)35(7,8)22-41)25-14-16-34(5,6)17-15-25)19-39(29)31(43)28-21-38(33(2,3)4)20-27(28)23-10-12-24(36)13-11-23/h10-13,25-29,41H,9,14-22H2,1-8H3,(H,37,42)/t26-,27-,28+,29-/m0/s1. The van der Waals surface area contributed by atoms with Gasteiger partial charge in [-0.25, -0.2) is 0 Å². The summed E-state index contributed by atoms with van der Waals surface area (Å²) in [6, 6.07) is 6.82. The maximum atomic E-state index is 14.7. The second-order valence-corrected chi connectivity index (χ2v) is 16.2. The molecule has 8 nitrogen and oxygen atoms in total. The topological polar surface area (TPSA) is 93.2 Å². The highest BCUT2D eigenvalue weighted by molar-refractivity contribution is 6.30. The minimum absolute atomic E-state index is 0.0148. The van der Waals surface area contributed by atoms with Gasteiger partial charge in [0, 0.05) is 48.7 Å². The fraction of sp³-hybridized carbons (Fsp3) is 0.743. The molecule has 1 aromatic rings. The van der Waals surface area contributed by atoms with Crippen LogP contribution >= 0.6 is 11.6 Å². The fourth-order valence-corrected chi connectivity index (χ4v) is 7.50. The maximum Gasteiger partial charge on any atom is 0.242 e. The summed E-state index contributed by atoms with van der Waals surface area (Å²) in [7, 11) is 0. The van der Waals surface area contributed by atoms with Gasteiger partial charge >= 0.3 is 0 Å². The van der Waals surface area contributed by atoms with Crippen LogP contribution in [-0.4, -0.2) is 94.0 Å². The summed E-state index contributed by atoms with van der Waals surface area (Å²) in [6.07, 6.45) is 4.15. The lowest BCUT2D eigenvalue weighted by molar-refractivity contribution is -0.149. The number of benzene rings is 1. The Balaban J connectivity index is 1.69.